The molecule has 0 aliphatic rings. The summed E-state index contributed by atoms with van der Waals surface area (Å²) in [5, 5.41) is 1.11. The Bertz CT molecular complexity index is 590. The summed E-state index contributed by atoms with van der Waals surface area (Å²) in [5.41, 5.74) is 1.32. The van der Waals surface area contributed by atoms with Gasteiger partial charge in [-0.3, -0.25) is 9.78 Å². The summed E-state index contributed by atoms with van der Waals surface area (Å²) in [6.07, 6.45) is 0.580. The zero-order chi connectivity index (χ0) is 13.9. The molecule has 0 unspecified atom stereocenters. The van der Waals surface area contributed by atoms with Crippen LogP contribution in [0.3, 0.4) is 0 Å². The molecule has 2 rings (SSSR count). The average molecular weight is 257 g/mol. The minimum absolute atomic E-state index is 0.176. The molecule has 3 heteroatoms. The third-order valence-corrected chi connectivity index (χ3v) is 3.11. The fourth-order valence-electron chi connectivity index (χ4n) is 2.06. The van der Waals surface area contributed by atoms with Crippen molar-refractivity contribution in [2.45, 2.75) is 27.2 Å². The molecular formula is C16H19NO2. The normalized spacial score (nSPS) is 11.5. The number of fused-ring (bicyclic) bond motifs is 1. The predicted molar refractivity (Wildman–Crippen MR) is 75.9 cm³/mol. The molecule has 1 heterocycles. The quantitative estimate of drug-likeness (QED) is 0.788. The van der Waals surface area contributed by atoms with Crippen LogP contribution in [0.5, 0.6) is 0 Å². The molecule has 19 heavy (non-hydrogen) atoms. The van der Waals surface area contributed by atoms with Gasteiger partial charge in [0.25, 0.3) is 0 Å². The number of rotatable bonds is 4. The van der Waals surface area contributed by atoms with Gasteiger partial charge in [-0.2, -0.15) is 0 Å². The van der Waals surface area contributed by atoms with Crippen LogP contribution in [0.25, 0.3) is 10.9 Å². The van der Waals surface area contributed by atoms with E-state index in [1.165, 1.54) is 0 Å². The molecule has 3 nitrogen and oxygen atoms in total. The Balaban J connectivity index is 2.23. The molecule has 0 aliphatic carbocycles. The Labute approximate surface area is 113 Å². The van der Waals surface area contributed by atoms with Crippen molar-refractivity contribution in [1.29, 1.82) is 0 Å². The van der Waals surface area contributed by atoms with Crippen LogP contribution >= 0.6 is 0 Å². The summed E-state index contributed by atoms with van der Waals surface area (Å²) in [6.45, 7) is 6.01. The molecule has 0 N–H and O–H groups in total. The molecule has 0 bridgehead atoms. The highest BCUT2D eigenvalue weighted by Gasteiger charge is 2.29. The maximum absolute atomic E-state index is 11.9. The highest BCUT2D eigenvalue weighted by Crippen LogP contribution is 2.24. The van der Waals surface area contributed by atoms with Crippen LogP contribution < -0.4 is 0 Å². The second-order valence-corrected chi connectivity index (χ2v) is 5.28. The van der Waals surface area contributed by atoms with E-state index in [1.54, 1.807) is 0 Å². The molecule has 0 fully saturated rings. The fourth-order valence-corrected chi connectivity index (χ4v) is 2.06. The lowest BCUT2D eigenvalue weighted by atomic mass is 9.87. The number of carbonyl (C=O) groups is 1. The van der Waals surface area contributed by atoms with Crippen molar-refractivity contribution < 1.29 is 9.53 Å². The number of carbonyl (C=O) groups excluding carboxylic acids is 1. The topological polar surface area (TPSA) is 39.2 Å². The standard InChI is InChI=1S/C16H19NO2/c1-4-19-15(18)16(2,3)11-13-10-9-12-7-5-6-8-14(12)17-13/h5-10H,4,11H2,1-3H3. The highest BCUT2D eigenvalue weighted by molar-refractivity contribution is 5.79. The van der Waals surface area contributed by atoms with E-state index < -0.39 is 5.41 Å². The minimum atomic E-state index is -0.550. The molecule has 0 saturated carbocycles. The zero-order valence-corrected chi connectivity index (χ0v) is 11.6. The van der Waals surface area contributed by atoms with E-state index in [9.17, 15) is 4.79 Å². The van der Waals surface area contributed by atoms with Crippen LogP contribution in [0.4, 0.5) is 0 Å². The monoisotopic (exact) mass is 257 g/mol. The lowest BCUT2D eigenvalue weighted by molar-refractivity contribution is -0.153. The van der Waals surface area contributed by atoms with Crippen molar-refractivity contribution in [2.24, 2.45) is 5.41 Å². The van der Waals surface area contributed by atoms with E-state index in [2.05, 4.69) is 4.98 Å². The first-order chi connectivity index (χ1) is 9.03. The molecule has 0 radical (unpaired) electrons. The summed E-state index contributed by atoms with van der Waals surface area (Å²) in [4.78, 5) is 16.5. The van der Waals surface area contributed by atoms with Gasteiger partial charge in [0.2, 0.25) is 0 Å². The van der Waals surface area contributed by atoms with Gasteiger partial charge in [-0.1, -0.05) is 24.3 Å². The Morgan fingerprint density at radius 2 is 1.95 bits per heavy atom. The van der Waals surface area contributed by atoms with Gasteiger partial charge in [0.15, 0.2) is 0 Å². The lowest BCUT2D eigenvalue weighted by Crippen LogP contribution is -2.29. The van der Waals surface area contributed by atoms with Crippen LogP contribution in [0.15, 0.2) is 36.4 Å². The van der Waals surface area contributed by atoms with Crippen molar-refractivity contribution in [3.8, 4) is 0 Å². The van der Waals surface area contributed by atoms with E-state index >= 15 is 0 Å². The molecule has 2 aromatic rings. The molecule has 0 saturated heterocycles. The van der Waals surface area contributed by atoms with Crippen LogP contribution in [-0.2, 0) is 16.0 Å². The summed E-state index contributed by atoms with van der Waals surface area (Å²) >= 11 is 0. The highest BCUT2D eigenvalue weighted by atomic mass is 16.5. The molecule has 1 aromatic heterocycles. The summed E-state index contributed by atoms with van der Waals surface area (Å²) in [6, 6.07) is 12.0. The van der Waals surface area contributed by atoms with E-state index in [0.717, 1.165) is 16.6 Å². The Morgan fingerprint density at radius 1 is 1.21 bits per heavy atom. The first-order valence-electron chi connectivity index (χ1n) is 6.55. The van der Waals surface area contributed by atoms with E-state index in [1.807, 2.05) is 57.2 Å². The molecule has 0 aliphatic heterocycles. The molecule has 100 valence electrons. The smallest absolute Gasteiger partial charge is 0.311 e. The van der Waals surface area contributed by atoms with E-state index in [4.69, 9.17) is 4.74 Å². The van der Waals surface area contributed by atoms with Crippen LogP contribution in [-0.4, -0.2) is 17.6 Å². The number of para-hydroxylation sites is 1. The molecular weight excluding hydrogens is 238 g/mol. The van der Waals surface area contributed by atoms with Crippen molar-refractivity contribution >= 4 is 16.9 Å². The minimum Gasteiger partial charge on any atom is -0.466 e. The van der Waals surface area contributed by atoms with Crippen molar-refractivity contribution in [3.05, 3.63) is 42.1 Å². The number of benzene rings is 1. The third-order valence-electron chi connectivity index (χ3n) is 3.11. The van der Waals surface area contributed by atoms with E-state index in [-0.39, 0.29) is 5.97 Å². The number of hydrogen-bond donors (Lipinski definition) is 0. The zero-order valence-electron chi connectivity index (χ0n) is 11.6. The second kappa shape index (κ2) is 5.39. The van der Waals surface area contributed by atoms with Crippen molar-refractivity contribution in [1.82, 2.24) is 4.98 Å². The van der Waals surface area contributed by atoms with Crippen molar-refractivity contribution in [3.63, 3.8) is 0 Å². The van der Waals surface area contributed by atoms with Gasteiger partial charge in [-0.15, -0.1) is 0 Å². The van der Waals surface area contributed by atoms with Crippen LogP contribution in [0.1, 0.15) is 26.5 Å². The number of hydrogen-bond acceptors (Lipinski definition) is 3. The van der Waals surface area contributed by atoms with Crippen LogP contribution in [0, 0.1) is 5.41 Å². The molecule has 0 atom stereocenters. The maximum atomic E-state index is 11.9. The summed E-state index contributed by atoms with van der Waals surface area (Å²) in [5.74, 6) is -0.176. The fraction of sp³-hybridized carbons (Fsp3) is 0.375. The Hall–Kier alpha value is -1.90. The largest absolute Gasteiger partial charge is 0.466 e. The number of esters is 1. The number of pyridine rings is 1. The summed E-state index contributed by atoms with van der Waals surface area (Å²) in [7, 11) is 0. The van der Waals surface area contributed by atoms with Gasteiger partial charge in [0, 0.05) is 17.5 Å². The first-order valence-corrected chi connectivity index (χ1v) is 6.55. The van der Waals surface area contributed by atoms with Crippen molar-refractivity contribution in [2.75, 3.05) is 6.61 Å². The van der Waals surface area contributed by atoms with Crippen LogP contribution in [0.2, 0.25) is 0 Å². The molecule has 0 spiro atoms. The third kappa shape index (κ3) is 3.11. The first kappa shape index (κ1) is 13.5. The second-order valence-electron chi connectivity index (χ2n) is 5.28. The number of aromatic nitrogens is 1. The van der Waals surface area contributed by atoms with Gasteiger partial charge < -0.3 is 4.74 Å². The number of ether oxygens (including phenoxy) is 1. The SMILES string of the molecule is CCOC(=O)C(C)(C)Cc1ccc2ccccc2n1. The Kier molecular flexibility index (Phi) is 3.84. The molecule has 0 amide bonds. The predicted octanol–water partition coefficient (Wildman–Crippen LogP) is 3.37. The average Bonchev–Trinajstić information content (AvgIpc) is 2.38. The van der Waals surface area contributed by atoms with E-state index in [0.29, 0.717) is 13.0 Å². The number of nitrogens with zero attached hydrogens (tertiary/aromatic N) is 1. The Morgan fingerprint density at radius 3 is 2.68 bits per heavy atom. The van der Waals surface area contributed by atoms with Gasteiger partial charge in [0.05, 0.1) is 17.5 Å². The van der Waals surface area contributed by atoms with Gasteiger partial charge >= 0.3 is 5.97 Å². The van der Waals surface area contributed by atoms with Gasteiger partial charge in [0.1, 0.15) is 0 Å². The lowest BCUT2D eigenvalue weighted by Gasteiger charge is -2.21. The van der Waals surface area contributed by atoms with Gasteiger partial charge in [-0.25, -0.2) is 0 Å². The maximum Gasteiger partial charge on any atom is 0.311 e. The summed E-state index contributed by atoms with van der Waals surface area (Å²) < 4.78 is 5.10. The molecule has 1 aromatic carbocycles. The van der Waals surface area contributed by atoms with Gasteiger partial charge in [-0.05, 0) is 32.9 Å².